The van der Waals surface area contributed by atoms with Gasteiger partial charge in [0.15, 0.2) is 0 Å². The quantitative estimate of drug-likeness (QED) is 0.750. The maximum Gasteiger partial charge on any atom is 0.267 e. The van der Waals surface area contributed by atoms with E-state index in [2.05, 4.69) is 5.32 Å². The van der Waals surface area contributed by atoms with Gasteiger partial charge in [0.1, 0.15) is 5.69 Å². The van der Waals surface area contributed by atoms with Crippen molar-refractivity contribution in [2.24, 2.45) is 0 Å². The highest BCUT2D eigenvalue weighted by Gasteiger charge is 2.14. The third-order valence-corrected chi connectivity index (χ3v) is 2.93. The molecule has 0 radical (unpaired) electrons. The van der Waals surface area contributed by atoms with Crippen LogP contribution in [0.4, 0.5) is 0 Å². The van der Waals surface area contributed by atoms with Gasteiger partial charge < -0.3 is 15.0 Å². The number of aromatic nitrogens is 1. The predicted molar refractivity (Wildman–Crippen MR) is 73.1 cm³/mol. The number of halogens is 1. The molecule has 5 heteroatoms. The second-order valence-electron chi connectivity index (χ2n) is 4.58. The molecule has 0 atom stereocenters. The van der Waals surface area contributed by atoms with Gasteiger partial charge in [0.25, 0.3) is 5.91 Å². The van der Waals surface area contributed by atoms with Gasteiger partial charge in [-0.3, -0.25) is 4.79 Å². The summed E-state index contributed by atoms with van der Waals surface area (Å²) in [6.45, 7) is 4.85. The summed E-state index contributed by atoms with van der Waals surface area (Å²) < 4.78 is 1.87. The molecule has 4 nitrogen and oxygen atoms in total. The van der Waals surface area contributed by atoms with Gasteiger partial charge in [0.05, 0.1) is 5.02 Å². The second kappa shape index (κ2) is 7.44. The van der Waals surface area contributed by atoms with Gasteiger partial charge in [-0.05, 0) is 39.2 Å². The summed E-state index contributed by atoms with van der Waals surface area (Å²) in [5.41, 5.74) is 0.595. The summed E-state index contributed by atoms with van der Waals surface area (Å²) in [4.78, 5) is 12.0. The standard InChI is InChI=1S/C13H21ClN2O2/c1-10(2)16-9-11(14)8-12(16)13(18)15-6-4-3-5-7-17/h8-10,17H,3-7H2,1-2H3,(H,15,18). The zero-order valence-electron chi connectivity index (χ0n) is 10.9. The Labute approximate surface area is 113 Å². The number of aliphatic hydroxyl groups is 1. The average Bonchev–Trinajstić information content (AvgIpc) is 2.71. The minimum Gasteiger partial charge on any atom is -0.396 e. The molecule has 0 saturated heterocycles. The molecular weight excluding hydrogens is 252 g/mol. The number of amides is 1. The Hall–Kier alpha value is -1.00. The van der Waals surface area contributed by atoms with Gasteiger partial charge in [0.2, 0.25) is 0 Å². The topological polar surface area (TPSA) is 54.3 Å². The molecule has 0 unspecified atom stereocenters. The summed E-state index contributed by atoms with van der Waals surface area (Å²) in [6, 6.07) is 1.89. The highest BCUT2D eigenvalue weighted by atomic mass is 35.5. The van der Waals surface area contributed by atoms with Crippen molar-refractivity contribution >= 4 is 17.5 Å². The van der Waals surface area contributed by atoms with E-state index in [9.17, 15) is 4.79 Å². The van der Waals surface area contributed by atoms with Crippen molar-refractivity contribution in [3.05, 3.63) is 23.0 Å². The van der Waals surface area contributed by atoms with E-state index in [0.717, 1.165) is 19.3 Å². The molecule has 0 saturated carbocycles. The second-order valence-corrected chi connectivity index (χ2v) is 5.02. The van der Waals surface area contributed by atoms with Crippen molar-refractivity contribution in [1.29, 1.82) is 0 Å². The number of rotatable bonds is 7. The fourth-order valence-electron chi connectivity index (χ4n) is 1.76. The number of carbonyl (C=O) groups excluding carboxylic acids is 1. The van der Waals surface area contributed by atoms with E-state index < -0.39 is 0 Å². The molecular formula is C13H21ClN2O2. The molecule has 1 rings (SSSR count). The Morgan fingerprint density at radius 2 is 2.17 bits per heavy atom. The van der Waals surface area contributed by atoms with Crippen LogP contribution in [0.3, 0.4) is 0 Å². The Balaban J connectivity index is 2.51. The molecule has 0 aliphatic rings. The molecule has 1 aromatic rings. The first kappa shape index (κ1) is 15.1. The van der Waals surface area contributed by atoms with E-state index in [4.69, 9.17) is 16.7 Å². The Bertz CT molecular complexity index is 388. The lowest BCUT2D eigenvalue weighted by Crippen LogP contribution is -2.27. The van der Waals surface area contributed by atoms with Crippen LogP contribution < -0.4 is 5.32 Å². The number of aliphatic hydroxyl groups excluding tert-OH is 1. The lowest BCUT2D eigenvalue weighted by molar-refractivity contribution is 0.0942. The van der Waals surface area contributed by atoms with Crippen LogP contribution in [0.1, 0.15) is 49.6 Å². The summed E-state index contributed by atoms with van der Waals surface area (Å²) in [7, 11) is 0. The highest BCUT2D eigenvalue weighted by Crippen LogP contribution is 2.18. The largest absolute Gasteiger partial charge is 0.396 e. The molecule has 1 amide bonds. The molecule has 2 N–H and O–H groups in total. The van der Waals surface area contributed by atoms with Crippen LogP contribution in [0.2, 0.25) is 5.02 Å². The lowest BCUT2D eigenvalue weighted by Gasteiger charge is -2.12. The van der Waals surface area contributed by atoms with Crippen molar-refractivity contribution in [1.82, 2.24) is 9.88 Å². The first-order chi connectivity index (χ1) is 8.56. The van der Waals surface area contributed by atoms with Gasteiger partial charge >= 0.3 is 0 Å². The Morgan fingerprint density at radius 3 is 2.78 bits per heavy atom. The molecule has 1 heterocycles. The monoisotopic (exact) mass is 272 g/mol. The van der Waals surface area contributed by atoms with Crippen molar-refractivity contribution in [2.75, 3.05) is 13.2 Å². The first-order valence-corrected chi connectivity index (χ1v) is 6.70. The Morgan fingerprint density at radius 1 is 1.44 bits per heavy atom. The number of carbonyl (C=O) groups is 1. The van der Waals surface area contributed by atoms with E-state index in [1.54, 1.807) is 12.3 Å². The maximum atomic E-state index is 12.0. The molecule has 0 fully saturated rings. The molecule has 0 bridgehead atoms. The molecule has 18 heavy (non-hydrogen) atoms. The van der Waals surface area contributed by atoms with E-state index in [1.165, 1.54) is 0 Å². The van der Waals surface area contributed by atoms with Crippen LogP contribution >= 0.6 is 11.6 Å². The third kappa shape index (κ3) is 4.35. The van der Waals surface area contributed by atoms with Gasteiger partial charge in [-0.1, -0.05) is 11.6 Å². The highest BCUT2D eigenvalue weighted by molar-refractivity contribution is 6.31. The smallest absolute Gasteiger partial charge is 0.267 e. The zero-order valence-corrected chi connectivity index (χ0v) is 11.7. The van der Waals surface area contributed by atoms with Crippen molar-refractivity contribution in [3.63, 3.8) is 0 Å². The van der Waals surface area contributed by atoms with Gasteiger partial charge in [-0.15, -0.1) is 0 Å². The van der Waals surface area contributed by atoms with Crippen LogP contribution in [0.5, 0.6) is 0 Å². The van der Waals surface area contributed by atoms with Crippen LogP contribution in [-0.2, 0) is 0 Å². The summed E-state index contributed by atoms with van der Waals surface area (Å²) >= 11 is 5.93. The summed E-state index contributed by atoms with van der Waals surface area (Å²) in [5, 5.41) is 12.1. The molecule has 1 aromatic heterocycles. The van der Waals surface area contributed by atoms with Gasteiger partial charge in [-0.2, -0.15) is 0 Å². The minimum absolute atomic E-state index is 0.0976. The average molecular weight is 273 g/mol. The van der Waals surface area contributed by atoms with Crippen molar-refractivity contribution < 1.29 is 9.90 Å². The number of hydrogen-bond donors (Lipinski definition) is 2. The van der Waals surface area contributed by atoms with E-state index in [-0.39, 0.29) is 18.6 Å². The number of hydrogen-bond acceptors (Lipinski definition) is 2. The molecule has 0 spiro atoms. The van der Waals surface area contributed by atoms with Crippen molar-refractivity contribution in [2.45, 2.75) is 39.2 Å². The Kier molecular flexibility index (Phi) is 6.22. The van der Waals surface area contributed by atoms with Gasteiger partial charge in [0, 0.05) is 25.4 Å². The van der Waals surface area contributed by atoms with E-state index in [1.807, 2.05) is 18.4 Å². The van der Waals surface area contributed by atoms with E-state index >= 15 is 0 Å². The normalized spacial score (nSPS) is 10.9. The zero-order chi connectivity index (χ0) is 13.5. The fourth-order valence-corrected chi connectivity index (χ4v) is 1.97. The first-order valence-electron chi connectivity index (χ1n) is 6.32. The van der Waals surface area contributed by atoms with Crippen LogP contribution in [-0.4, -0.2) is 28.7 Å². The molecule has 0 aromatic carbocycles. The predicted octanol–water partition coefficient (Wildman–Crippen LogP) is 2.61. The third-order valence-electron chi connectivity index (χ3n) is 2.72. The van der Waals surface area contributed by atoms with Crippen molar-refractivity contribution in [3.8, 4) is 0 Å². The number of nitrogens with one attached hydrogen (secondary N) is 1. The molecule has 0 aliphatic carbocycles. The van der Waals surface area contributed by atoms with Crippen LogP contribution in [0.25, 0.3) is 0 Å². The van der Waals surface area contributed by atoms with Crippen LogP contribution in [0.15, 0.2) is 12.3 Å². The lowest BCUT2D eigenvalue weighted by atomic mass is 10.2. The molecule has 0 aliphatic heterocycles. The SMILES string of the molecule is CC(C)n1cc(Cl)cc1C(=O)NCCCCCO. The number of nitrogens with zero attached hydrogens (tertiary/aromatic N) is 1. The van der Waals surface area contributed by atoms with Crippen LogP contribution in [0, 0.1) is 0 Å². The van der Waals surface area contributed by atoms with E-state index in [0.29, 0.717) is 17.3 Å². The summed E-state index contributed by atoms with van der Waals surface area (Å²) in [5.74, 6) is -0.0976. The van der Waals surface area contributed by atoms with Gasteiger partial charge in [-0.25, -0.2) is 0 Å². The summed E-state index contributed by atoms with van der Waals surface area (Å²) in [6.07, 6.45) is 4.35. The fraction of sp³-hybridized carbons (Fsp3) is 0.615. The molecule has 102 valence electrons. The maximum absolute atomic E-state index is 12.0. The number of unbranched alkanes of at least 4 members (excludes halogenated alkanes) is 2. The minimum atomic E-state index is -0.0976.